The van der Waals surface area contributed by atoms with Gasteiger partial charge in [0.2, 0.25) is 0 Å². The van der Waals surface area contributed by atoms with Crippen LogP contribution in [0, 0.1) is 0 Å². The van der Waals surface area contributed by atoms with Crippen LogP contribution in [0.3, 0.4) is 0 Å². The smallest absolute Gasteiger partial charge is 0.254 e. The SMILES string of the molecule is CN(C(=O)c1ccc2n[nH]nc2c1)[C@@H]1CC[C@H](Oc2ccccc2)[C@H]1O. The van der Waals surface area contributed by atoms with Crippen LogP contribution in [0.1, 0.15) is 23.2 Å². The Hall–Kier alpha value is -2.93. The minimum absolute atomic E-state index is 0.153. The van der Waals surface area contributed by atoms with Crippen molar-refractivity contribution in [2.45, 2.75) is 31.1 Å². The molecule has 7 heteroatoms. The summed E-state index contributed by atoms with van der Waals surface area (Å²) in [5.74, 6) is 0.571. The van der Waals surface area contributed by atoms with Gasteiger partial charge in [0.15, 0.2) is 0 Å². The number of carbonyl (C=O) groups excluding carboxylic acids is 1. The zero-order valence-electron chi connectivity index (χ0n) is 14.4. The molecule has 3 aromatic rings. The van der Waals surface area contributed by atoms with Gasteiger partial charge in [0.25, 0.3) is 5.91 Å². The van der Waals surface area contributed by atoms with Gasteiger partial charge < -0.3 is 14.7 Å². The summed E-state index contributed by atoms with van der Waals surface area (Å²) in [6.45, 7) is 0. The summed E-state index contributed by atoms with van der Waals surface area (Å²) in [4.78, 5) is 14.4. The molecular formula is C19H20N4O3. The zero-order valence-corrected chi connectivity index (χ0v) is 14.4. The number of aliphatic hydroxyl groups is 1. The van der Waals surface area contributed by atoms with E-state index in [9.17, 15) is 9.90 Å². The fourth-order valence-corrected chi connectivity index (χ4v) is 3.48. The van der Waals surface area contributed by atoms with Gasteiger partial charge in [0.1, 0.15) is 29.0 Å². The van der Waals surface area contributed by atoms with Crippen molar-refractivity contribution in [3.05, 3.63) is 54.1 Å². The molecule has 1 amide bonds. The number of hydrogen-bond acceptors (Lipinski definition) is 5. The number of ether oxygens (including phenoxy) is 1. The molecule has 2 aromatic carbocycles. The van der Waals surface area contributed by atoms with E-state index in [2.05, 4.69) is 15.4 Å². The lowest BCUT2D eigenvalue weighted by Gasteiger charge is -2.29. The number of fused-ring (bicyclic) bond motifs is 1. The Bertz CT molecular complexity index is 911. The number of likely N-dealkylation sites (N-methyl/N-ethyl adjacent to an activating group) is 1. The number of benzene rings is 2. The van der Waals surface area contributed by atoms with Crippen LogP contribution in [0.15, 0.2) is 48.5 Å². The summed E-state index contributed by atoms with van der Waals surface area (Å²) >= 11 is 0. The second kappa shape index (κ2) is 6.76. The van der Waals surface area contributed by atoms with E-state index < -0.39 is 6.10 Å². The van der Waals surface area contributed by atoms with Gasteiger partial charge >= 0.3 is 0 Å². The maximum absolute atomic E-state index is 12.8. The summed E-state index contributed by atoms with van der Waals surface area (Å²) in [6.07, 6.45) is 0.323. The number of H-pyrrole nitrogens is 1. The summed E-state index contributed by atoms with van der Waals surface area (Å²) in [5, 5.41) is 21.2. The second-order valence-corrected chi connectivity index (χ2v) is 6.55. The lowest BCUT2D eigenvalue weighted by Crippen LogP contribution is -2.45. The molecular weight excluding hydrogens is 332 g/mol. The maximum Gasteiger partial charge on any atom is 0.254 e. The van der Waals surface area contributed by atoms with Crippen molar-refractivity contribution in [1.82, 2.24) is 20.3 Å². The van der Waals surface area contributed by atoms with E-state index in [4.69, 9.17) is 4.74 Å². The van der Waals surface area contributed by atoms with Gasteiger partial charge in [0, 0.05) is 12.6 Å². The summed E-state index contributed by atoms with van der Waals surface area (Å²) < 4.78 is 5.89. The van der Waals surface area contributed by atoms with Crippen molar-refractivity contribution < 1.29 is 14.6 Å². The molecule has 0 spiro atoms. The number of nitrogens with zero attached hydrogens (tertiary/aromatic N) is 3. The molecule has 1 fully saturated rings. The molecule has 0 unspecified atom stereocenters. The first-order valence-electron chi connectivity index (χ1n) is 8.61. The first-order chi connectivity index (χ1) is 12.6. The van der Waals surface area contributed by atoms with Gasteiger partial charge in [0.05, 0.1) is 6.04 Å². The Labute approximate surface area is 150 Å². The highest BCUT2D eigenvalue weighted by Gasteiger charge is 2.40. The largest absolute Gasteiger partial charge is 0.488 e. The van der Waals surface area contributed by atoms with E-state index in [0.717, 1.165) is 5.75 Å². The lowest BCUT2D eigenvalue weighted by atomic mass is 10.1. The standard InChI is InChI=1S/C19H20N4O3/c1-23(19(25)12-7-8-14-15(11-12)21-22-20-14)16-9-10-17(18(16)24)26-13-5-3-2-4-6-13/h2-8,11,16-18,24H,9-10H2,1H3,(H,20,21,22)/t16-,17+,18+/m1/s1. The van der Waals surface area contributed by atoms with E-state index in [1.165, 1.54) is 0 Å². The number of rotatable bonds is 4. The summed E-state index contributed by atoms with van der Waals surface area (Å²) in [6, 6.07) is 14.3. The van der Waals surface area contributed by atoms with Crippen molar-refractivity contribution in [2.75, 3.05) is 7.05 Å². The molecule has 1 heterocycles. The molecule has 7 nitrogen and oxygen atoms in total. The zero-order chi connectivity index (χ0) is 18.1. The highest BCUT2D eigenvalue weighted by molar-refractivity contribution is 5.97. The molecule has 4 rings (SSSR count). The predicted octanol–water partition coefficient (Wildman–Crippen LogP) is 2.00. The summed E-state index contributed by atoms with van der Waals surface area (Å²) in [5.41, 5.74) is 1.87. The van der Waals surface area contributed by atoms with Crippen LogP contribution in [0.5, 0.6) is 5.75 Å². The third-order valence-electron chi connectivity index (χ3n) is 4.93. The Morgan fingerprint density at radius 3 is 2.73 bits per heavy atom. The fourth-order valence-electron chi connectivity index (χ4n) is 3.48. The Balaban J connectivity index is 1.47. The molecule has 1 aliphatic carbocycles. The molecule has 0 radical (unpaired) electrons. The molecule has 2 N–H and O–H groups in total. The van der Waals surface area contributed by atoms with E-state index in [1.54, 1.807) is 30.1 Å². The molecule has 0 aliphatic heterocycles. The van der Waals surface area contributed by atoms with Crippen molar-refractivity contribution in [1.29, 1.82) is 0 Å². The number of nitrogens with one attached hydrogen (secondary N) is 1. The van der Waals surface area contributed by atoms with E-state index >= 15 is 0 Å². The number of aromatic amines is 1. The molecule has 0 bridgehead atoms. The second-order valence-electron chi connectivity index (χ2n) is 6.55. The van der Waals surface area contributed by atoms with Gasteiger partial charge in [-0.05, 0) is 43.2 Å². The van der Waals surface area contributed by atoms with E-state index in [-0.39, 0.29) is 18.1 Å². The van der Waals surface area contributed by atoms with Crippen LogP contribution in [-0.4, -0.2) is 56.6 Å². The highest BCUT2D eigenvalue weighted by atomic mass is 16.5. The number of amides is 1. The Morgan fingerprint density at radius 2 is 1.92 bits per heavy atom. The molecule has 1 saturated carbocycles. The van der Waals surface area contributed by atoms with Crippen molar-refractivity contribution in [3.8, 4) is 5.75 Å². The lowest BCUT2D eigenvalue weighted by molar-refractivity contribution is 0.0167. The van der Waals surface area contributed by atoms with Gasteiger partial charge in [-0.15, -0.1) is 0 Å². The molecule has 0 saturated heterocycles. The van der Waals surface area contributed by atoms with Crippen molar-refractivity contribution >= 4 is 16.9 Å². The first kappa shape index (κ1) is 16.5. The number of hydrogen-bond donors (Lipinski definition) is 2. The topological polar surface area (TPSA) is 91.3 Å². The minimum atomic E-state index is -0.736. The Kier molecular flexibility index (Phi) is 4.30. The van der Waals surface area contributed by atoms with Crippen LogP contribution in [0.4, 0.5) is 0 Å². The number of aromatic nitrogens is 3. The minimum Gasteiger partial charge on any atom is -0.488 e. The predicted molar refractivity (Wildman–Crippen MR) is 95.9 cm³/mol. The van der Waals surface area contributed by atoms with Crippen LogP contribution in [0.2, 0.25) is 0 Å². The number of carbonyl (C=O) groups is 1. The van der Waals surface area contributed by atoms with Gasteiger partial charge in [-0.25, -0.2) is 0 Å². The molecule has 1 aromatic heterocycles. The van der Waals surface area contributed by atoms with Crippen LogP contribution in [-0.2, 0) is 0 Å². The van der Waals surface area contributed by atoms with Crippen molar-refractivity contribution in [2.24, 2.45) is 0 Å². The third kappa shape index (κ3) is 3.01. The van der Waals surface area contributed by atoms with Crippen LogP contribution >= 0.6 is 0 Å². The van der Waals surface area contributed by atoms with Crippen molar-refractivity contribution in [3.63, 3.8) is 0 Å². The molecule has 26 heavy (non-hydrogen) atoms. The highest BCUT2D eigenvalue weighted by Crippen LogP contribution is 2.29. The maximum atomic E-state index is 12.8. The van der Waals surface area contributed by atoms with E-state index in [0.29, 0.717) is 29.4 Å². The quantitative estimate of drug-likeness (QED) is 0.749. The summed E-state index contributed by atoms with van der Waals surface area (Å²) in [7, 11) is 1.72. The molecule has 3 atom stereocenters. The average Bonchev–Trinajstić information content (AvgIpc) is 3.28. The van der Waals surface area contributed by atoms with Gasteiger partial charge in [-0.2, -0.15) is 15.4 Å². The normalized spacial score (nSPS) is 22.5. The average molecular weight is 352 g/mol. The van der Waals surface area contributed by atoms with Crippen LogP contribution < -0.4 is 4.74 Å². The fraction of sp³-hybridized carbons (Fsp3) is 0.316. The number of para-hydroxylation sites is 1. The van der Waals surface area contributed by atoms with Gasteiger partial charge in [-0.1, -0.05) is 18.2 Å². The third-order valence-corrected chi connectivity index (χ3v) is 4.93. The number of aliphatic hydroxyl groups excluding tert-OH is 1. The Morgan fingerprint density at radius 1 is 1.15 bits per heavy atom. The van der Waals surface area contributed by atoms with E-state index in [1.807, 2.05) is 30.3 Å². The first-order valence-corrected chi connectivity index (χ1v) is 8.61. The van der Waals surface area contributed by atoms with Gasteiger partial charge in [-0.3, -0.25) is 4.79 Å². The molecule has 1 aliphatic rings. The van der Waals surface area contributed by atoms with Crippen LogP contribution in [0.25, 0.3) is 11.0 Å². The molecule has 134 valence electrons. The monoisotopic (exact) mass is 352 g/mol.